The van der Waals surface area contributed by atoms with E-state index in [0.717, 1.165) is 34.1 Å². The van der Waals surface area contributed by atoms with Gasteiger partial charge < -0.3 is 9.73 Å². The fraction of sp³-hybridized carbons (Fsp3) is 0.467. The highest BCUT2D eigenvalue weighted by molar-refractivity contribution is 7.99. The second-order valence-corrected chi connectivity index (χ2v) is 13.7. The van der Waals surface area contributed by atoms with Gasteiger partial charge in [-0.15, -0.1) is 21.5 Å². The number of carbonyl (C=O) groups is 1. The van der Waals surface area contributed by atoms with Crippen molar-refractivity contribution >= 4 is 34.1 Å². The van der Waals surface area contributed by atoms with Crippen LogP contribution in [-0.2, 0) is 10.2 Å². The van der Waals surface area contributed by atoms with Gasteiger partial charge in [0.05, 0.1) is 17.7 Å². The van der Waals surface area contributed by atoms with Crippen LogP contribution in [0.5, 0.6) is 0 Å². The molecule has 204 valence electrons. The van der Waals surface area contributed by atoms with E-state index in [4.69, 9.17) is 4.42 Å². The number of nitrogens with one attached hydrogen (secondary N) is 1. The smallest absolute Gasteiger partial charge is 0.236 e. The summed E-state index contributed by atoms with van der Waals surface area (Å²) in [6, 6.07) is 12.5. The standard InChI is InChI=1S/C30H35N5O2S2/c1-18(23-15-19-7-8-21(23)14-19)35-27(25-6-5-13-37-25)33-34-29(35)39-17-26(36)32-28-31-24(16-38-28)20-9-11-22(12-10-20)30(2,3)4/h5-6,9-13,16,18-19,21,23H,7-8,14-15,17H2,1-4H3,(H,31,32,36)/t18-,19+,21+,23+/m0/s1. The maximum absolute atomic E-state index is 12.9. The molecule has 1 N–H and O–H groups in total. The number of carbonyl (C=O) groups excluding carboxylic acids is 1. The van der Waals surface area contributed by atoms with E-state index in [9.17, 15) is 4.79 Å². The minimum Gasteiger partial charge on any atom is -0.461 e. The number of nitrogens with zero attached hydrogens (tertiary/aromatic N) is 4. The highest BCUT2D eigenvalue weighted by Crippen LogP contribution is 2.53. The van der Waals surface area contributed by atoms with Gasteiger partial charge in [0.25, 0.3) is 0 Å². The van der Waals surface area contributed by atoms with Gasteiger partial charge in [-0.2, -0.15) is 0 Å². The van der Waals surface area contributed by atoms with Gasteiger partial charge in [0.15, 0.2) is 16.0 Å². The van der Waals surface area contributed by atoms with E-state index in [1.165, 1.54) is 54.3 Å². The van der Waals surface area contributed by atoms with Crippen LogP contribution in [0.15, 0.2) is 57.6 Å². The Balaban J connectivity index is 1.13. The van der Waals surface area contributed by atoms with Crippen molar-refractivity contribution in [2.24, 2.45) is 17.8 Å². The lowest BCUT2D eigenvalue weighted by atomic mass is 9.84. The number of amides is 1. The number of anilines is 1. The maximum atomic E-state index is 12.9. The highest BCUT2D eigenvalue weighted by Gasteiger charge is 2.43. The van der Waals surface area contributed by atoms with Crippen molar-refractivity contribution in [3.05, 3.63) is 53.6 Å². The van der Waals surface area contributed by atoms with Crippen LogP contribution < -0.4 is 5.32 Å². The SMILES string of the molecule is C[C@@H]([C@H]1C[C@@H]2CC[C@@H]1C2)n1c(SCC(=O)Nc2nc(-c3ccc(C(C)(C)C)cc3)cs2)nnc1-c1ccco1. The summed E-state index contributed by atoms with van der Waals surface area (Å²) in [5, 5.41) is 15.3. The van der Waals surface area contributed by atoms with Crippen LogP contribution in [0.4, 0.5) is 5.13 Å². The van der Waals surface area contributed by atoms with E-state index in [0.29, 0.717) is 16.8 Å². The minimum atomic E-state index is -0.106. The molecule has 1 amide bonds. The summed E-state index contributed by atoms with van der Waals surface area (Å²) in [5.41, 5.74) is 3.30. The summed E-state index contributed by atoms with van der Waals surface area (Å²) in [5.74, 6) is 3.79. The molecule has 2 saturated carbocycles. The van der Waals surface area contributed by atoms with Crippen LogP contribution in [-0.4, -0.2) is 31.4 Å². The summed E-state index contributed by atoms with van der Waals surface area (Å²) >= 11 is 2.86. The number of thioether (sulfide) groups is 1. The van der Waals surface area contributed by atoms with E-state index in [2.05, 4.69) is 77.0 Å². The Hall–Kier alpha value is -2.91. The number of hydrogen-bond acceptors (Lipinski definition) is 7. The van der Waals surface area contributed by atoms with Crippen molar-refractivity contribution in [2.45, 2.75) is 70.0 Å². The molecule has 2 bridgehead atoms. The van der Waals surface area contributed by atoms with Crippen LogP contribution >= 0.6 is 23.1 Å². The molecule has 9 heteroatoms. The molecule has 4 aromatic rings. The largest absolute Gasteiger partial charge is 0.461 e. The normalized spacial score (nSPS) is 21.4. The lowest BCUT2D eigenvalue weighted by Gasteiger charge is -2.30. The Labute approximate surface area is 237 Å². The van der Waals surface area contributed by atoms with Crippen molar-refractivity contribution in [1.82, 2.24) is 19.7 Å². The zero-order valence-corrected chi connectivity index (χ0v) is 24.5. The van der Waals surface area contributed by atoms with E-state index >= 15 is 0 Å². The first kappa shape index (κ1) is 26.3. The van der Waals surface area contributed by atoms with Crippen LogP contribution in [0.25, 0.3) is 22.8 Å². The number of benzene rings is 1. The number of rotatable bonds is 8. The molecule has 3 aromatic heterocycles. The van der Waals surface area contributed by atoms with Crippen molar-refractivity contribution in [3.8, 4) is 22.8 Å². The topological polar surface area (TPSA) is 85.8 Å². The lowest BCUT2D eigenvalue weighted by Crippen LogP contribution is -2.23. The van der Waals surface area contributed by atoms with E-state index in [1.807, 2.05) is 17.5 Å². The van der Waals surface area contributed by atoms with Gasteiger partial charge in [0, 0.05) is 17.0 Å². The fourth-order valence-corrected chi connectivity index (χ4v) is 7.84. The van der Waals surface area contributed by atoms with Gasteiger partial charge in [0.2, 0.25) is 11.7 Å². The van der Waals surface area contributed by atoms with E-state index < -0.39 is 0 Å². The zero-order chi connectivity index (χ0) is 27.1. The second kappa shape index (κ2) is 10.6. The maximum Gasteiger partial charge on any atom is 0.236 e. The second-order valence-electron chi connectivity index (χ2n) is 11.9. The molecule has 1 aromatic carbocycles. The monoisotopic (exact) mass is 561 g/mol. The van der Waals surface area contributed by atoms with Crippen molar-refractivity contribution in [2.75, 3.05) is 11.1 Å². The summed E-state index contributed by atoms with van der Waals surface area (Å²) in [6.45, 7) is 8.89. The van der Waals surface area contributed by atoms with Gasteiger partial charge >= 0.3 is 0 Å². The zero-order valence-electron chi connectivity index (χ0n) is 22.9. The molecular formula is C30H35N5O2S2. The Morgan fingerprint density at radius 1 is 1.18 bits per heavy atom. The molecular weight excluding hydrogens is 526 g/mol. The Morgan fingerprint density at radius 2 is 2.00 bits per heavy atom. The number of fused-ring (bicyclic) bond motifs is 2. The molecule has 39 heavy (non-hydrogen) atoms. The minimum absolute atomic E-state index is 0.106. The number of thiazole rings is 1. The van der Waals surface area contributed by atoms with Crippen molar-refractivity contribution < 1.29 is 9.21 Å². The quantitative estimate of drug-likeness (QED) is 0.222. The first-order valence-electron chi connectivity index (χ1n) is 13.7. The number of furan rings is 1. The molecule has 2 aliphatic carbocycles. The predicted molar refractivity (Wildman–Crippen MR) is 157 cm³/mol. The molecule has 0 aliphatic heterocycles. The third kappa shape index (κ3) is 5.43. The summed E-state index contributed by atoms with van der Waals surface area (Å²) < 4.78 is 7.90. The van der Waals surface area contributed by atoms with Gasteiger partial charge in [-0.1, -0.05) is 63.2 Å². The fourth-order valence-electron chi connectivity index (χ4n) is 6.28. The molecule has 0 spiro atoms. The van der Waals surface area contributed by atoms with Crippen molar-refractivity contribution in [3.63, 3.8) is 0 Å². The summed E-state index contributed by atoms with van der Waals surface area (Å²) in [4.78, 5) is 17.6. The first-order valence-corrected chi connectivity index (χ1v) is 15.6. The predicted octanol–water partition coefficient (Wildman–Crippen LogP) is 7.69. The molecule has 2 aliphatic rings. The molecule has 0 saturated heterocycles. The Bertz CT molecular complexity index is 1430. The van der Waals surface area contributed by atoms with Crippen LogP contribution in [0.2, 0.25) is 0 Å². The average Bonchev–Trinajstić information content (AvgIpc) is 3.75. The van der Waals surface area contributed by atoms with Crippen LogP contribution in [0.1, 0.15) is 65.0 Å². The molecule has 2 fully saturated rings. The molecule has 3 heterocycles. The highest BCUT2D eigenvalue weighted by atomic mass is 32.2. The van der Waals surface area contributed by atoms with Crippen molar-refractivity contribution in [1.29, 1.82) is 0 Å². The number of hydrogen-bond donors (Lipinski definition) is 1. The number of aromatic nitrogens is 4. The third-order valence-electron chi connectivity index (χ3n) is 8.36. The molecule has 4 atom stereocenters. The summed E-state index contributed by atoms with van der Waals surface area (Å²) in [6.07, 6.45) is 6.95. The Kier molecular flexibility index (Phi) is 7.14. The van der Waals surface area contributed by atoms with Gasteiger partial charge in [-0.3, -0.25) is 9.36 Å². The lowest BCUT2D eigenvalue weighted by molar-refractivity contribution is -0.113. The first-order chi connectivity index (χ1) is 18.8. The molecule has 0 radical (unpaired) electrons. The Morgan fingerprint density at radius 3 is 2.67 bits per heavy atom. The van der Waals surface area contributed by atoms with Crippen LogP contribution in [0, 0.1) is 17.8 Å². The molecule has 0 unspecified atom stereocenters. The van der Waals surface area contributed by atoms with Gasteiger partial charge in [-0.25, -0.2) is 4.98 Å². The molecule has 6 rings (SSSR count). The van der Waals surface area contributed by atoms with Crippen LogP contribution in [0.3, 0.4) is 0 Å². The van der Waals surface area contributed by atoms with Gasteiger partial charge in [0.1, 0.15) is 0 Å². The van der Waals surface area contributed by atoms with E-state index in [1.54, 1.807) is 6.26 Å². The molecule has 7 nitrogen and oxygen atoms in total. The van der Waals surface area contributed by atoms with Gasteiger partial charge in [-0.05, 0) is 67.1 Å². The summed E-state index contributed by atoms with van der Waals surface area (Å²) in [7, 11) is 0. The average molecular weight is 562 g/mol. The third-order valence-corrected chi connectivity index (χ3v) is 10.1. The van der Waals surface area contributed by atoms with E-state index in [-0.39, 0.29) is 23.1 Å².